The van der Waals surface area contributed by atoms with Crippen LogP contribution in [0.25, 0.3) is 0 Å². The van der Waals surface area contributed by atoms with Crippen LogP contribution in [-0.2, 0) is 23.9 Å². The van der Waals surface area contributed by atoms with Crippen molar-refractivity contribution in [1.29, 1.82) is 0 Å². The Morgan fingerprint density at radius 2 is 0.688 bits per heavy atom. The van der Waals surface area contributed by atoms with E-state index in [9.17, 15) is 19.2 Å². The molecule has 0 aromatic rings. The van der Waals surface area contributed by atoms with Gasteiger partial charge in [0.05, 0.1) is 13.2 Å². The molecule has 0 fully saturated rings. The Balaban J connectivity index is 4.70. The Labute approximate surface area is 397 Å². The monoisotopic (exact) mass is 905 g/mol. The van der Waals surface area contributed by atoms with E-state index in [4.69, 9.17) is 9.47 Å². The molecule has 0 aliphatic rings. The smallest absolute Gasteiger partial charge is 0.324 e. The molecule has 0 rings (SSSR count). The summed E-state index contributed by atoms with van der Waals surface area (Å²) >= 11 is 0. The van der Waals surface area contributed by atoms with Crippen molar-refractivity contribution in [3.05, 3.63) is 0 Å². The molecule has 0 aliphatic carbocycles. The van der Waals surface area contributed by atoms with E-state index in [1.165, 1.54) is 159 Å². The van der Waals surface area contributed by atoms with E-state index in [0.29, 0.717) is 57.4 Å². The molecule has 0 spiro atoms. The highest BCUT2D eigenvalue weighted by Crippen LogP contribution is 2.25. The van der Waals surface area contributed by atoms with Gasteiger partial charge in [-0.1, -0.05) is 207 Å². The minimum absolute atomic E-state index is 0.0386. The van der Waals surface area contributed by atoms with Crippen LogP contribution in [0.5, 0.6) is 0 Å². The van der Waals surface area contributed by atoms with Gasteiger partial charge in [-0.3, -0.25) is 19.3 Å². The quantitative estimate of drug-likeness (QED) is 0.0482. The summed E-state index contributed by atoms with van der Waals surface area (Å²) in [6.45, 7) is 14.8. The van der Waals surface area contributed by atoms with Crippen molar-refractivity contribution in [2.75, 3.05) is 26.3 Å². The molecule has 64 heavy (non-hydrogen) atoms. The van der Waals surface area contributed by atoms with Gasteiger partial charge >= 0.3 is 18.0 Å². The summed E-state index contributed by atoms with van der Waals surface area (Å²) in [4.78, 5) is 52.6. The van der Waals surface area contributed by atoms with Crippen LogP contribution in [0, 0.1) is 17.8 Å². The molecule has 3 amide bonds. The summed E-state index contributed by atoms with van der Waals surface area (Å²) in [6, 6.07) is -0.300. The molecule has 0 aromatic heterocycles. The molecule has 0 heterocycles. The predicted octanol–water partition coefficient (Wildman–Crippen LogP) is 16.8. The van der Waals surface area contributed by atoms with Crippen LogP contribution in [0.4, 0.5) is 4.79 Å². The second kappa shape index (κ2) is 47.4. The number of urea groups is 1. The number of carbonyl (C=O) groups is 4. The van der Waals surface area contributed by atoms with Gasteiger partial charge in [0.1, 0.15) is 0 Å². The molecule has 378 valence electrons. The molecular weight excluding hydrogens is 797 g/mol. The average molecular weight is 905 g/mol. The van der Waals surface area contributed by atoms with Gasteiger partial charge in [-0.25, -0.2) is 4.79 Å². The number of carbonyl (C=O) groups excluding carboxylic acids is 4. The molecule has 0 saturated carbocycles. The van der Waals surface area contributed by atoms with Crippen molar-refractivity contribution in [2.45, 2.75) is 292 Å². The first-order chi connectivity index (χ1) is 31.3. The van der Waals surface area contributed by atoms with E-state index in [-0.39, 0.29) is 29.8 Å². The maximum atomic E-state index is 13.3. The Morgan fingerprint density at radius 1 is 0.391 bits per heavy atom. The van der Waals surface area contributed by atoms with E-state index < -0.39 is 0 Å². The van der Waals surface area contributed by atoms with Gasteiger partial charge in [0.15, 0.2) is 0 Å². The highest BCUT2D eigenvalue weighted by atomic mass is 16.5. The van der Waals surface area contributed by atoms with Crippen molar-refractivity contribution >= 4 is 23.9 Å². The second-order valence-electron chi connectivity index (χ2n) is 19.6. The molecular formula is C56H108N2O6. The summed E-state index contributed by atoms with van der Waals surface area (Å²) < 4.78 is 11.6. The summed E-state index contributed by atoms with van der Waals surface area (Å²) in [5.41, 5.74) is 0. The third-order valence-corrected chi connectivity index (χ3v) is 13.5. The zero-order chi connectivity index (χ0) is 47.1. The van der Waals surface area contributed by atoms with Gasteiger partial charge in [0.2, 0.25) is 5.91 Å². The van der Waals surface area contributed by atoms with Crippen LogP contribution in [-0.4, -0.2) is 55.1 Å². The second-order valence-corrected chi connectivity index (χ2v) is 19.6. The first-order valence-electron chi connectivity index (χ1n) is 28.1. The molecule has 1 N–H and O–H groups in total. The van der Waals surface area contributed by atoms with Crippen molar-refractivity contribution < 1.29 is 28.7 Å². The van der Waals surface area contributed by atoms with Crippen LogP contribution in [0.1, 0.15) is 292 Å². The molecule has 8 nitrogen and oxygen atoms in total. The lowest BCUT2D eigenvalue weighted by Crippen LogP contribution is -2.44. The third kappa shape index (κ3) is 39.1. The summed E-state index contributed by atoms with van der Waals surface area (Å²) in [7, 11) is 0. The first-order valence-corrected chi connectivity index (χ1v) is 28.1. The van der Waals surface area contributed by atoms with Gasteiger partial charge in [-0.15, -0.1) is 0 Å². The van der Waals surface area contributed by atoms with Gasteiger partial charge in [-0.2, -0.15) is 0 Å². The maximum absolute atomic E-state index is 13.3. The van der Waals surface area contributed by atoms with Crippen molar-refractivity contribution in [3.8, 4) is 0 Å². The standard InChI is InChI=1S/C56H108N2O6/c1-7-13-17-21-25-35-43-51(41-31-19-15-9-3)48-63-54(60)45-37-29-23-27-33-39-50(47-53(59)58(12-6)56(62)57-11-5)40-34-28-24-30-38-46-55(61)64-49-52(42-32-20-16-10-4)44-36-26-22-18-14-8-2/h50-52H,7-49H2,1-6H3,(H,57,62). The molecule has 0 radical (unpaired) electrons. The largest absolute Gasteiger partial charge is 0.465 e. The van der Waals surface area contributed by atoms with Crippen LogP contribution >= 0.6 is 0 Å². The van der Waals surface area contributed by atoms with Crippen LogP contribution in [0.15, 0.2) is 0 Å². The summed E-state index contributed by atoms with van der Waals surface area (Å²) in [6.07, 6.45) is 44.0. The van der Waals surface area contributed by atoms with Gasteiger partial charge in [0.25, 0.3) is 0 Å². The number of hydrogen-bond acceptors (Lipinski definition) is 6. The fourth-order valence-corrected chi connectivity index (χ4v) is 9.19. The highest BCUT2D eigenvalue weighted by Gasteiger charge is 2.23. The van der Waals surface area contributed by atoms with Crippen molar-refractivity contribution in [2.24, 2.45) is 17.8 Å². The third-order valence-electron chi connectivity index (χ3n) is 13.5. The molecule has 0 aromatic carbocycles. The van der Waals surface area contributed by atoms with Gasteiger partial charge < -0.3 is 14.8 Å². The van der Waals surface area contributed by atoms with Gasteiger partial charge in [-0.05, 0) is 83.0 Å². The fraction of sp³-hybridized carbons (Fsp3) is 0.929. The van der Waals surface area contributed by atoms with E-state index in [2.05, 4.69) is 33.0 Å². The lowest BCUT2D eigenvalue weighted by molar-refractivity contribution is -0.146. The Hall–Kier alpha value is -2.12. The minimum atomic E-state index is -0.300. The number of nitrogens with one attached hydrogen (secondary N) is 1. The van der Waals surface area contributed by atoms with E-state index in [1.54, 1.807) is 0 Å². The van der Waals surface area contributed by atoms with E-state index >= 15 is 0 Å². The average Bonchev–Trinajstić information content (AvgIpc) is 3.28. The number of hydrogen-bond donors (Lipinski definition) is 1. The molecule has 2 atom stereocenters. The Bertz CT molecular complexity index is 1010. The predicted molar refractivity (Wildman–Crippen MR) is 272 cm³/mol. The zero-order valence-corrected chi connectivity index (χ0v) is 43.5. The molecule has 0 bridgehead atoms. The SMILES string of the molecule is CCCCCCCCC(CCCCCC)COC(=O)CCCCCCCC(CCCCCCCC(=O)OCC(CCCCCC)CCCCCCCC)CC(=O)N(CC)C(=O)NCC. The lowest BCUT2D eigenvalue weighted by atomic mass is 9.91. The maximum Gasteiger partial charge on any atom is 0.324 e. The topological polar surface area (TPSA) is 102 Å². The van der Waals surface area contributed by atoms with Crippen LogP contribution < -0.4 is 5.32 Å². The number of nitrogens with zero attached hydrogens (tertiary/aromatic N) is 1. The number of unbranched alkanes of at least 4 members (excludes halogenated alkanes) is 24. The fourth-order valence-electron chi connectivity index (χ4n) is 9.19. The zero-order valence-electron chi connectivity index (χ0n) is 43.5. The Morgan fingerprint density at radius 3 is 1.02 bits per heavy atom. The van der Waals surface area contributed by atoms with E-state index in [1.807, 2.05) is 13.8 Å². The Kier molecular flexibility index (Phi) is 45.8. The molecule has 2 unspecified atom stereocenters. The first kappa shape index (κ1) is 61.9. The van der Waals surface area contributed by atoms with Crippen molar-refractivity contribution in [3.63, 3.8) is 0 Å². The number of esters is 2. The number of amides is 3. The highest BCUT2D eigenvalue weighted by molar-refractivity contribution is 5.94. The molecule has 8 heteroatoms. The van der Waals surface area contributed by atoms with Crippen molar-refractivity contribution in [1.82, 2.24) is 10.2 Å². The van der Waals surface area contributed by atoms with Crippen LogP contribution in [0.3, 0.4) is 0 Å². The number of rotatable bonds is 48. The lowest BCUT2D eigenvalue weighted by Gasteiger charge is -2.23. The number of ether oxygens (including phenoxy) is 2. The van der Waals surface area contributed by atoms with E-state index in [0.717, 1.165) is 77.0 Å². The van der Waals surface area contributed by atoms with Crippen LogP contribution in [0.2, 0.25) is 0 Å². The number of imide groups is 1. The minimum Gasteiger partial charge on any atom is -0.465 e. The molecule has 0 saturated heterocycles. The van der Waals surface area contributed by atoms with Gasteiger partial charge in [0, 0.05) is 32.4 Å². The summed E-state index contributed by atoms with van der Waals surface area (Å²) in [5.74, 6) is 1.09. The normalized spacial score (nSPS) is 12.8. The molecule has 0 aliphatic heterocycles. The summed E-state index contributed by atoms with van der Waals surface area (Å²) in [5, 5.41) is 2.79.